The van der Waals surface area contributed by atoms with Crippen molar-refractivity contribution < 1.29 is 19.1 Å². The van der Waals surface area contributed by atoms with Gasteiger partial charge in [0.1, 0.15) is 5.60 Å². The minimum Gasteiger partial charge on any atom is -0.450 e. The minimum atomic E-state index is -0.610. The number of ether oxygens (including phenoxy) is 2. The Balaban J connectivity index is 4.27. The molecule has 9 heteroatoms. The predicted octanol–water partition coefficient (Wildman–Crippen LogP) is 3.49. The van der Waals surface area contributed by atoms with Crippen LogP contribution in [0.5, 0.6) is 0 Å². The van der Waals surface area contributed by atoms with Gasteiger partial charge in [-0.25, -0.2) is 9.59 Å². The molecule has 0 fully saturated rings. The first kappa shape index (κ1) is 21.9. The van der Waals surface area contributed by atoms with Crippen LogP contribution in [-0.2, 0) is 9.47 Å². The third-order valence-electron chi connectivity index (χ3n) is 2.49. The maximum Gasteiger partial charge on any atom is 0.407 e. The summed E-state index contributed by atoms with van der Waals surface area (Å²) < 4.78 is 10.2. The van der Waals surface area contributed by atoms with Crippen molar-refractivity contribution in [1.82, 2.24) is 10.6 Å². The Hall–Kier alpha value is -2.15. The van der Waals surface area contributed by atoms with Gasteiger partial charge >= 0.3 is 12.2 Å². The van der Waals surface area contributed by atoms with Crippen LogP contribution in [0.2, 0.25) is 0 Å². The number of azide groups is 1. The second kappa shape index (κ2) is 9.87. The fraction of sp³-hybridized carbons (Fsp3) is 0.867. The number of alkyl carbamates (subject to hydrolysis) is 2. The van der Waals surface area contributed by atoms with Crippen LogP contribution in [0.15, 0.2) is 5.11 Å². The number of hydrogen-bond acceptors (Lipinski definition) is 5. The second-order valence-electron chi connectivity index (χ2n) is 7.41. The van der Waals surface area contributed by atoms with Gasteiger partial charge in [-0.05, 0) is 59.9 Å². The number of rotatable bonds is 7. The zero-order valence-electron chi connectivity index (χ0n) is 15.4. The molecule has 138 valence electrons. The van der Waals surface area contributed by atoms with Crippen LogP contribution in [0.3, 0.4) is 0 Å². The van der Waals surface area contributed by atoms with E-state index in [0.717, 1.165) is 0 Å². The largest absolute Gasteiger partial charge is 0.450 e. The maximum atomic E-state index is 11.8. The molecule has 9 nitrogen and oxygen atoms in total. The smallest absolute Gasteiger partial charge is 0.407 e. The molecule has 0 saturated heterocycles. The van der Waals surface area contributed by atoms with Gasteiger partial charge in [-0.15, -0.1) is 0 Å². The lowest BCUT2D eigenvalue weighted by Gasteiger charge is -2.23. The van der Waals surface area contributed by atoms with Crippen LogP contribution < -0.4 is 10.6 Å². The highest BCUT2D eigenvalue weighted by atomic mass is 16.6. The Bertz CT molecular complexity index is 461. The van der Waals surface area contributed by atoms with E-state index in [1.54, 1.807) is 20.8 Å². The monoisotopic (exact) mass is 343 g/mol. The summed E-state index contributed by atoms with van der Waals surface area (Å²) in [5.41, 5.74) is 7.45. The van der Waals surface area contributed by atoms with Crippen LogP contribution in [0.1, 0.15) is 54.4 Å². The highest BCUT2D eigenvalue weighted by Crippen LogP contribution is 2.08. The van der Waals surface area contributed by atoms with Gasteiger partial charge in [0.15, 0.2) is 0 Å². The van der Waals surface area contributed by atoms with Gasteiger partial charge < -0.3 is 20.1 Å². The number of carbonyl (C=O) groups is 2. The van der Waals surface area contributed by atoms with E-state index in [0.29, 0.717) is 12.8 Å². The Morgan fingerprint density at radius 3 is 2.29 bits per heavy atom. The first-order valence-electron chi connectivity index (χ1n) is 7.88. The normalized spacial score (nSPS) is 12.6. The second-order valence-corrected chi connectivity index (χ2v) is 7.41. The van der Waals surface area contributed by atoms with Crippen LogP contribution in [0.4, 0.5) is 9.59 Å². The Labute approximate surface area is 143 Å². The molecule has 0 unspecified atom stereocenters. The van der Waals surface area contributed by atoms with E-state index in [1.807, 2.05) is 20.8 Å². The number of nitrogens with one attached hydrogen (secondary N) is 2. The highest BCUT2D eigenvalue weighted by molar-refractivity contribution is 5.68. The molecule has 0 radical (unpaired) electrons. The lowest BCUT2D eigenvalue weighted by Crippen LogP contribution is -2.41. The van der Waals surface area contributed by atoms with E-state index in [4.69, 9.17) is 15.0 Å². The van der Waals surface area contributed by atoms with Gasteiger partial charge in [-0.1, -0.05) is 5.11 Å². The predicted molar refractivity (Wildman–Crippen MR) is 90.6 cm³/mol. The summed E-state index contributed by atoms with van der Waals surface area (Å²) in [6.07, 6.45) is -0.0683. The third kappa shape index (κ3) is 13.5. The average Bonchev–Trinajstić information content (AvgIpc) is 2.36. The van der Waals surface area contributed by atoms with Crippen LogP contribution in [0.25, 0.3) is 10.4 Å². The standard InChI is InChI=1S/C15H29N5O4/c1-14(2,3)19-13(22)23-9-7-8-11(10-17-20-16)18-12(21)24-15(4,5)6/h11H,7-10H2,1-6H3,(H,18,21)(H,19,22)/t11-/m0/s1. The molecule has 0 aromatic carbocycles. The summed E-state index contributed by atoms with van der Waals surface area (Å²) in [7, 11) is 0. The molecule has 0 saturated carbocycles. The zero-order chi connectivity index (χ0) is 18.8. The Kier molecular flexibility index (Phi) is 8.99. The minimum absolute atomic E-state index is 0.101. The maximum absolute atomic E-state index is 11.8. The molecule has 0 bridgehead atoms. The van der Waals surface area contributed by atoms with Gasteiger partial charge in [0.05, 0.1) is 6.61 Å². The molecule has 24 heavy (non-hydrogen) atoms. The van der Waals surface area contributed by atoms with Gasteiger partial charge in [0, 0.05) is 23.0 Å². The fourth-order valence-corrected chi connectivity index (χ4v) is 1.66. The molecular weight excluding hydrogens is 314 g/mol. The van der Waals surface area contributed by atoms with E-state index in [9.17, 15) is 9.59 Å². The molecule has 0 spiro atoms. The van der Waals surface area contributed by atoms with E-state index in [-0.39, 0.29) is 24.7 Å². The summed E-state index contributed by atoms with van der Waals surface area (Å²) in [6, 6.07) is -0.384. The molecule has 0 aliphatic heterocycles. The quantitative estimate of drug-likeness (QED) is 0.317. The van der Waals surface area contributed by atoms with Crippen LogP contribution in [0, 0.1) is 0 Å². The van der Waals surface area contributed by atoms with Crippen molar-refractivity contribution in [3.05, 3.63) is 10.4 Å². The molecule has 0 heterocycles. The Morgan fingerprint density at radius 2 is 1.79 bits per heavy atom. The third-order valence-corrected chi connectivity index (χ3v) is 2.49. The summed E-state index contributed by atoms with van der Waals surface area (Å²) in [5, 5.41) is 8.81. The zero-order valence-corrected chi connectivity index (χ0v) is 15.4. The van der Waals surface area contributed by atoms with Crippen molar-refractivity contribution >= 4 is 12.2 Å². The van der Waals surface area contributed by atoms with Gasteiger partial charge in [-0.2, -0.15) is 0 Å². The molecule has 0 rings (SSSR count). The van der Waals surface area contributed by atoms with Crippen molar-refractivity contribution in [3.8, 4) is 0 Å². The summed E-state index contributed by atoms with van der Waals surface area (Å²) in [6.45, 7) is 11.2. The highest BCUT2D eigenvalue weighted by Gasteiger charge is 2.19. The summed E-state index contributed by atoms with van der Waals surface area (Å²) in [4.78, 5) is 26.0. The van der Waals surface area contributed by atoms with Crippen LogP contribution in [-0.4, -0.2) is 42.5 Å². The molecule has 0 aromatic heterocycles. The van der Waals surface area contributed by atoms with Gasteiger partial charge in [0.25, 0.3) is 0 Å². The molecule has 0 aliphatic rings. The van der Waals surface area contributed by atoms with Crippen molar-refractivity contribution in [3.63, 3.8) is 0 Å². The van der Waals surface area contributed by atoms with Crippen LogP contribution >= 0.6 is 0 Å². The van der Waals surface area contributed by atoms with Crippen molar-refractivity contribution in [2.75, 3.05) is 13.2 Å². The van der Waals surface area contributed by atoms with Crippen molar-refractivity contribution in [2.45, 2.75) is 71.6 Å². The van der Waals surface area contributed by atoms with Crippen molar-refractivity contribution in [2.24, 2.45) is 5.11 Å². The molecule has 0 aromatic rings. The number of amides is 2. The van der Waals surface area contributed by atoms with Gasteiger partial charge in [-0.3, -0.25) is 0 Å². The number of nitrogens with zero attached hydrogens (tertiary/aromatic N) is 3. The first-order chi connectivity index (χ1) is 10.9. The SMILES string of the molecule is CC(C)(C)NC(=O)OCCC[C@@H](CN=[N+]=[N-])NC(=O)OC(C)(C)C. The number of hydrogen-bond donors (Lipinski definition) is 2. The number of carbonyl (C=O) groups excluding carboxylic acids is 2. The van der Waals surface area contributed by atoms with Crippen molar-refractivity contribution in [1.29, 1.82) is 0 Å². The molecule has 2 amide bonds. The lowest BCUT2D eigenvalue weighted by molar-refractivity contribution is 0.0500. The molecular formula is C15H29N5O4. The summed E-state index contributed by atoms with van der Waals surface area (Å²) in [5.74, 6) is 0. The average molecular weight is 343 g/mol. The molecule has 1 atom stereocenters. The van der Waals surface area contributed by atoms with E-state index >= 15 is 0 Å². The molecule has 2 N–H and O–H groups in total. The topological polar surface area (TPSA) is 125 Å². The van der Waals surface area contributed by atoms with E-state index < -0.39 is 17.8 Å². The summed E-state index contributed by atoms with van der Waals surface area (Å²) >= 11 is 0. The first-order valence-corrected chi connectivity index (χ1v) is 7.88. The lowest BCUT2D eigenvalue weighted by atomic mass is 10.1. The molecule has 0 aliphatic carbocycles. The Morgan fingerprint density at radius 1 is 1.17 bits per heavy atom. The van der Waals surface area contributed by atoms with E-state index in [2.05, 4.69) is 20.7 Å². The fourth-order valence-electron chi connectivity index (χ4n) is 1.66. The van der Waals surface area contributed by atoms with E-state index in [1.165, 1.54) is 0 Å². The van der Waals surface area contributed by atoms with Gasteiger partial charge in [0.2, 0.25) is 0 Å².